The van der Waals surface area contributed by atoms with E-state index in [4.69, 9.17) is 16.3 Å². The van der Waals surface area contributed by atoms with Crippen LogP contribution >= 0.6 is 11.6 Å². The zero-order valence-corrected chi connectivity index (χ0v) is 12.5. The number of hydrogen-bond donors (Lipinski definition) is 1. The number of anilines is 1. The van der Waals surface area contributed by atoms with Crippen LogP contribution in [0.2, 0.25) is 5.15 Å². The van der Waals surface area contributed by atoms with Gasteiger partial charge in [0, 0.05) is 32.0 Å². The first-order valence-corrected chi connectivity index (χ1v) is 6.45. The Morgan fingerprint density at radius 1 is 1.53 bits per heavy atom. The van der Waals surface area contributed by atoms with E-state index in [1.165, 1.54) is 4.90 Å². The molecule has 0 bridgehead atoms. The molecular formula is C13H20ClN3O2. The summed E-state index contributed by atoms with van der Waals surface area (Å²) < 4.78 is 5.25. The number of ether oxygens (including phenoxy) is 1. The minimum Gasteiger partial charge on any atom is -0.444 e. The molecule has 6 heteroatoms. The molecule has 0 aromatic carbocycles. The number of halogens is 1. The number of aromatic nitrogens is 1. The molecule has 0 aliphatic carbocycles. The second-order valence-corrected chi connectivity index (χ2v) is 5.58. The van der Waals surface area contributed by atoms with Gasteiger partial charge in [-0.15, -0.1) is 0 Å². The van der Waals surface area contributed by atoms with Crippen molar-refractivity contribution in [3.05, 3.63) is 23.5 Å². The van der Waals surface area contributed by atoms with Gasteiger partial charge >= 0.3 is 6.09 Å². The average molecular weight is 286 g/mol. The highest BCUT2D eigenvalue weighted by molar-refractivity contribution is 6.29. The maximum absolute atomic E-state index is 11.7. The molecule has 1 heterocycles. The molecule has 0 fully saturated rings. The van der Waals surface area contributed by atoms with Gasteiger partial charge in [0.2, 0.25) is 0 Å². The smallest absolute Gasteiger partial charge is 0.410 e. The highest BCUT2D eigenvalue weighted by Crippen LogP contribution is 2.12. The normalized spacial score (nSPS) is 11.0. The molecule has 0 spiro atoms. The third kappa shape index (κ3) is 6.29. The quantitative estimate of drug-likeness (QED) is 0.864. The van der Waals surface area contributed by atoms with E-state index in [9.17, 15) is 4.79 Å². The van der Waals surface area contributed by atoms with Crippen LogP contribution in [0.1, 0.15) is 20.8 Å². The lowest BCUT2D eigenvalue weighted by Crippen LogP contribution is -2.36. The molecule has 1 aromatic heterocycles. The van der Waals surface area contributed by atoms with E-state index >= 15 is 0 Å². The molecule has 1 N–H and O–H groups in total. The standard InChI is InChI=1S/C13H20ClN3O2/c1-13(2,3)19-12(18)17(4)8-7-15-10-5-6-16-11(14)9-10/h5-6,9H,7-8H2,1-4H3,(H,15,16). The van der Waals surface area contributed by atoms with Crippen LogP contribution in [0.3, 0.4) is 0 Å². The summed E-state index contributed by atoms with van der Waals surface area (Å²) in [5, 5.41) is 3.60. The summed E-state index contributed by atoms with van der Waals surface area (Å²) in [7, 11) is 1.70. The summed E-state index contributed by atoms with van der Waals surface area (Å²) in [6, 6.07) is 3.55. The Kier molecular flexibility index (Phi) is 5.42. The molecule has 0 saturated heterocycles. The van der Waals surface area contributed by atoms with E-state index in [-0.39, 0.29) is 6.09 Å². The molecule has 5 nitrogen and oxygen atoms in total. The molecule has 1 amide bonds. The molecule has 1 rings (SSSR count). The van der Waals surface area contributed by atoms with Crippen LogP contribution in [-0.2, 0) is 4.74 Å². The number of carbonyl (C=O) groups excluding carboxylic acids is 1. The Hall–Kier alpha value is -1.49. The number of carbonyl (C=O) groups is 1. The van der Waals surface area contributed by atoms with E-state index in [1.807, 2.05) is 26.8 Å². The SMILES string of the molecule is CN(CCNc1ccnc(Cl)c1)C(=O)OC(C)(C)C. The zero-order chi connectivity index (χ0) is 14.5. The van der Waals surface area contributed by atoms with E-state index in [0.717, 1.165) is 5.69 Å². The van der Waals surface area contributed by atoms with Crippen molar-refractivity contribution in [3.8, 4) is 0 Å². The molecule has 1 aromatic rings. The van der Waals surface area contributed by atoms with Crippen LogP contribution in [-0.4, -0.2) is 41.7 Å². The number of pyridine rings is 1. The fourth-order valence-electron chi connectivity index (χ4n) is 1.31. The van der Waals surface area contributed by atoms with Crippen LogP contribution < -0.4 is 5.32 Å². The van der Waals surface area contributed by atoms with Gasteiger partial charge < -0.3 is 15.0 Å². The highest BCUT2D eigenvalue weighted by Gasteiger charge is 2.18. The maximum atomic E-state index is 11.7. The molecule has 19 heavy (non-hydrogen) atoms. The van der Waals surface area contributed by atoms with E-state index < -0.39 is 5.60 Å². The van der Waals surface area contributed by atoms with Crippen LogP contribution in [0.15, 0.2) is 18.3 Å². The fourth-order valence-corrected chi connectivity index (χ4v) is 1.49. The molecule has 0 saturated carbocycles. The van der Waals surface area contributed by atoms with E-state index in [2.05, 4.69) is 10.3 Å². The Bertz CT molecular complexity index is 432. The second kappa shape index (κ2) is 6.61. The molecule has 0 unspecified atom stereocenters. The maximum Gasteiger partial charge on any atom is 0.410 e. The van der Waals surface area contributed by atoms with Crippen molar-refractivity contribution in [2.24, 2.45) is 0 Å². The van der Waals surface area contributed by atoms with Crippen molar-refractivity contribution in [1.29, 1.82) is 0 Å². The van der Waals surface area contributed by atoms with Crippen molar-refractivity contribution in [2.45, 2.75) is 26.4 Å². The average Bonchev–Trinajstić information content (AvgIpc) is 2.26. The van der Waals surface area contributed by atoms with Gasteiger partial charge in [-0.2, -0.15) is 0 Å². The predicted octanol–water partition coefficient (Wildman–Crippen LogP) is 3.01. The summed E-state index contributed by atoms with van der Waals surface area (Å²) >= 11 is 5.77. The monoisotopic (exact) mass is 285 g/mol. The van der Waals surface area contributed by atoms with Crippen LogP contribution in [0.4, 0.5) is 10.5 Å². The Labute approximate surface area is 118 Å². The van der Waals surface area contributed by atoms with Gasteiger partial charge in [0.25, 0.3) is 0 Å². The summed E-state index contributed by atoms with van der Waals surface area (Å²) in [6.07, 6.45) is 1.30. The first kappa shape index (κ1) is 15.6. The third-order valence-electron chi connectivity index (χ3n) is 2.21. The van der Waals surface area contributed by atoms with Gasteiger partial charge in [0.1, 0.15) is 10.8 Å². The zero-order valence-electron chi connectivity index (χ0n) is 11.7. The molecule has 0 aliphatic heterocycles. The highest BCUT2D eigenvalue weighted by atomic mass is 35.5. The van der Waals surface area contributed by atoms with Gasteiger partial charge in [-0.3, -0.25) is 0 Å². The summed E-state index contributed by atoms with van der Waals surface area (Å²) in [5.74, 6) is 0. The molecule has 106 valence electrons. The van der Waals surface area contributed by atoms with Gasteiger partial charge in [-0.25, -0.2) is 9.78 Å². The number of amides is 1. The Morgan fingerprint density at radius 2 is 2.21 bits per heavy atom. The van der Waals surface area contributed by atoms with Crippen molar-refractivity contribution < 1.29 is 9.53 Å². The number of nitrogens with zero attached hydrogens (tertiary/aromatic N) is 2. The first-order chi connectivity index (χ1) is 8.78. The van der Waals surface area contributed by atoms with Crippen molar-refractivity contribution >= 4 is 23.4 Å². The van der Waals surface area contributed by atoms with Crippen molar-refractivity contribution in [2.75, 3.05) is 25.5 Å². The second-order valence-electron chi connectivity index (χ2n) is 5.20. The van der Waals surface area contributed by atoms with Gasteiger partial charge in [0.15, 0.2) is 0 Å². The Balaban J connectivity index is 2.34. The van der Waals surface area contributed by atoms with E-state index in [0.29, 0.717) is 18.2 Å². The number of rotatable bonds is 4. The van der Waals surface area contributed by atoms with Gasteiger partial charge in [0.05, 0.1) is 0 Å². The lowest BCUT2D eigenvalue weighted by molar-refractivity contribution is 0.0305. The van der Waals surface area contributed by atoms with Crippen molar-refractivity contribution in [3.63, 3.8) is 0 Å². The van der Waals surface area contributed by atoms with Gasteiger partial charge in [-0.05, 0) is 32.9 Å². The van der Waals surface area contributed by atoms with Crippen LogP contribution in [0.25, 0.3) is 0 Å². The summed E-state index contributed by atoms with van der Waals surface area (Å²) in [5.41, 5.74) is 0.398. The fraction of sp³-hybridized carbons (Fsp3) is 0.538. The third-order valence-corrected chi connectivity index (χ3v) is 2.41. The Morgan fingerprint density at radius 3 is 2.79 bits per heavy atom. The largest absolute Gasteiger partial charge is 0.444 e. The summed E-state index contributed by atoms with van der Waals surface area (Å²) in [6.45, 7) is 6.67. The summed E-state index contributed by atoms with van der Waals surface area (Å²) in [4.78, 5) is 17.1. The molecule has 0 aliphatic rings. The lowest BCUT2D eigenvalue weighted by atomic mass is 10.2. The first-order valence-electron chi connectivity index (χ1n) is 6.07. The number of hydrogen-bond acceptors (Lipinski definition) is 4. The van der Waals surface area contributed by atoms with Crippen LogP contribution in [0, 0.1) is 0 Å². The van der Waals surface area contributed by atoms with E-state index in [1.54, 1.807) is 19.3 Å². The minimum absolute atomic E-state index is 0.331. The molecule has 0 radical (unpaired) electrons. The van der Waals surface area contributed by atoms with Gasteiger partial charge in [-0.1, -0.05) is 11.6 Å². The van der Waals surface area contributed by atoms with Crippen LogP contribution in [0.5, 0.6) is 0 Å². The minimum atomic E-state index is -0.475. The number of nitrogens with one attached hydrogen (secondary N) is 1. The predicted molar refractivity (Wildman–Crippen MR) is 76.6 cm³/mol. The molecular weight excluding hydrogens is 266 g/mol. The molecule has 0 atom stereocenters. The topological polar surface area (TPSA) is 54.5 Å². The van der Waals surface area contributed by atoms with Crippen molar-refractivity contribution in [1.82, 2.24) is 9.88 Å². The lowest BCUT2D eigenvalue weighted by Gasteiger charge is -2.24. The number of likely N-dealkylation sites (N-methyl/N-ethyl adjacent to an activating group) is 1.